The first-order valence-electron chi connectivity index (χ1n) is 3.24. The molecule has 1 aromatic rings. The third-order valence-corrected chi connectivity index (χ3v) is 1.42. The lowest BCUT2D eigenvalue weighted by Crippen LogP contribution is -2.10. The molecule has 0 aliphatic rings. The van der Waals surface area contributed by atoms with Gasteiger partial charge in [0, 0.05) is 5.56 Å². The topological polar surface area (TPSA) is 80.4 Å². The number of rotatable bonds is 2. The molecule has 70 valence electrons. The number of aromatic carboxylic acids is 1. The highest BCUT2D eigenvalue weighted by Gasteiger charge is 2.03. The molecule has 0 fully saturated rings. The Morgan fingerprint density at radius 3 is 1.77 bits per heavy atom. The predicted molar refractivity (Wildman–Crippen MR) is 49.2 cm³/mol. The van der Waals surface area contributed by atoms with Gasteiger partial charge in [-0.05, 0) is 24.3 Å². The van der Waals surface area contributed by atoms with Crippen LogP contribution < -0.4 is 5.73 Å². The second-order valence-corrected chi connectivity index (χ2v) is 2.25. The van der Waals surface area contributed by atoms with Gasteiger partial charge in [0.15, 0.2) is 0 Å². The predicted octanol–water partition coefficient (Wildman–Crippen LogP) is 0.906. The van der Waals surface area contributed by atoms with Gasteiger partial charge in [-0.3, -0.25) is 4.79 Å². The molecule has 0 atom stereocenters. The van der Waals surface area contributed by atoms with Crippen molar-refractivity contribution in [3.63, 3.8) is 0 Å². The average Bonchev–Trinajstić information content (AvgIpc) is 2.04. The van der Waals surface area contributed by atoms with Crippen LogP contribution in [0.25, 0.3) is 0 Å². The van der Waals surface area contributed by atoms with Crippen LogP contribution in [0.4, 0.5) is 0 Å². The van der Waals surface area contributed by atoms with E-state index in [1.807, 2.05) is 0 Å². The van der Waals surface area contributed by atoms with E-state index in [9.17, 15) is 9.59 Å². The summed E-state index contributed by atoms with van der Waals surface area (Å²) in [7, 11) is 0. The summed E-state index contributed by atoms with van der Waals surface area (Å²) >= 11 is 0. The summed E-state index contributed by atoms with van der Waals surface area (Å²) in [6.45, 7) is 0. The van der Waals surface area contributed by atoms with E-state index in [0.29, 0.717) is 5.56 Å². The monoisotopic (exact) mass is 201 g/mol. The maximum atomic E-state index is 10.6. The zero-order valence-electron chi connectivity index (χ0n) is 6.56. The minimum Gasteiger partial charge on any atom is -0.478 e. The molecular weight excluding hydrogens is 194 g/mol. The minimum absolute atomic E-state index is 0. The largest absolute Gasteiger partial charge is 0.478 e. The van der Waals surface area contributed by atoms with Gasteiger partial charge in [-0.25, -0.2) is 4.79 Å². The Bertz CT molecular complexity index is 288. The standard InChI is InChI=1S/C8H7NO3.ClH/c9-7(10)5-1-3-6(4-2-5)8(11)12;/h1-4H,(H2,9,10)(H,11,12);1H. The average molecular weight is 202 g/mol. The van der Waals surface area contributed by atoms with E-state index < -0.39 is 11.9 Å². The van der Waals surface area contributed by atoms with Crippen molar-refractivity contribution in [1.29, 1.82) is 0 Å². The van der Waals surface area contributed by atoms with Crippen molar-refractivity contribution in [3.8, 4) is 0 Å². The minimum atomic E-state index is -1.02. The second kappa shape index (κ2) is 4.47. The summed E-state index contributed by atoms with van der Waals surface area (Å²) in [5, 5.41) is 8.50. The zero-order valence-corrected chi connectivity index (χ0v) is 7.38. The Labute approximate surface area is 80.8 Å². The summed E-state index contributed by atoms with van der Waals surface area (Å²) in [5.74, 6) is -1.59. The van der Waals surface area contributed by atoms with Crippen LogP contribution in [0.2, 0.25) is 0 Å². The van der Waals surface area contributed by atoms with Crippen LogP contribution in [0.5, 0.6) is 0 Å². The number of carbonyl (C=O) groups excluding carboxylic acids is 1. The zero-order chi connectivity index (χ0) is 9.14. The molecule has 0 spiro atoms. The molecule has 5 heteroatoms. The fraction of sp³-hybridized carbons (Fsp3) is 0. The lowest BCUT2D eigenvalue weighted by molar-refractivity contribution is 0.0696. The molecule has 0 aliphatic heterocycles. The maximum absolute atomic E-state index is 10.6. The molecule has 1 aromatic carbocycles. The Balaban J connectivity index is 0.00000144. The number of halogens is 1. The fourth-order valence-electron chi connectivity index (χ4n) is 0.777. The van der Waals surface area contributed by atoms with Crippen LogP contribution in [0, 0.1) is 0 Å². The third kappa shape index (κ3) is 2.76. The Kier molecular flexibility index (Phi) is 3.94. The van der Waals surface area contributed by atoms with E-state index in [0.717, 1.165) is 0 Å². The van der Waals surface area contributed by atoms with E-state index in [1.54, 1.807) is 0 Å². The molecule has 0 saturated carbocycles. The third-order valence-electron chi connectivity index (χ3n) is 1.42. The van der Waals surface area contributed by atoms with E-state index >= 15 is 0 Å². The SMILES string of the molecule is Cl.NC(=O)c1ccc(C(=O)O)cc1. The Morgan fingerprint density at radius 1 is 1.08 bits per heavy atom. The molecule has 3 N–H and O–H groups in total. The number of carboxylic acids is 1. The lowest BCUT2D eigenvalue weighted by Gasteiger charge is -1.95. The van der Waals surface area contributed by atoms with Gasteiger partial charge in [0.05, 0.1) is 5.56 Å². The first kappa shape index (κ1) is 11.4. The first-order valence-corrected chi connectivity index (χ1v) is 3.24. The summed E-state index contributed by atoms with van der Waals surface area (Å²) in [5.41, 5.74) is 5.40. The van der Waals surface area contributed by atoms with Gasteiger partial charge in [-0.1, -0.05) is 0 Å². The second-order valence-electron chi connectivity index (χ2n) is 2.25. The fourth-order valence-corrected chi connectivity index (χ4v) is 0.777. The van der Waals surface area contributed by atoms with Gasteiger partial charge in [0.2, 0.25) is 5.91 Å². The highest BCUT2D eigenvalue weighted by atomic mass is 35.5. The molecule has 0 bridgehead atoms. The van der Waals surface area contributed by atoms with Crippen molar-refractivity contribution in [2.45, 2.75) is 0 Å². The molecule has 0 heterocycles. The van der Waals surface area contributed by atoms with Crippen molar-refractivity contribution < 1.29 is 14.7 Å². The number of nitrogens with two attached hydrogens (primary N) is 1. The number of hydrogen-bond donors (Lipinski definition) is 2. The number of carbonyl (C=O) groups is 2. The van der Waals surface area contributed by atoms with Gasteiger partial charge < -0.3 is 10.8 Å². The van der Waals surface area contributed by atoms with Crippen molar-refractivity contribution in [2.24, 2.45) is 5.73 Å². The number of hydrogen-bond acceptors (Lipinski definition) is 2. The van der Waals surface area contributed by atoms with Crippen molar-refractivity contribution in [3.05, 3.63) is 35.4 Å². The number of benzene rings is 1. The van der Waals surface area contributed by atoms with Gasteiger partial charge in [-0.2, -0.15) is 0 Å². The van der Waals surface area contributed by atoms with Crippen LogP contribution in [-0.2, 0) is 0 Å². The van der Waals surface area contributed by atoms with Crippen molar-refractivity contribution in [1.82, 2.24) is 0 Å². The molecule has 1 amide bonds. The molecule has 4 nitrogen and oxygen atoms in total. The molecule has 0 aliphatic carbocycles. The van der Waals surface area contributed by atoms with Crippen LogP contribution in [0.1, 0.15) is 20.7 Å². The normalized spacial score (nSPS) is 8.62. The molecule has 0 saturated heterocycles. The Morgan fingerprint density at radius 2 is 1.46 bits per heavy atom. The van der Waals surface area contributed by atoms with Crippen molar-refractivity contribution >= 4 is 24.3 Å². The summed E-state index contributed by atoms with van der Waals surface area (Å²) in [6, 6.07) is 5.43. The van der Waals surface area contributed by atoms with Gasteiger partial charge in [-0.15, -0.1) is 12.4 Å². The summed E-state index contributed by atoms with van der Waals surface area (Å²) < 4.78 is 0. The van der Waals surface area contributed by atoms with Crippen LogP contribution in [0.15, 0.2) is 24.3 Å². The maximum Gasteiger partial charge on any atom is 0.335 e. The van der Waals surface area contributed by atoms with E-state index in [1.165, 1.54) is 24.3 Å². The first-order chi connectivity index (χ1) is 5.61. The van der Waals surface area contributed by atoms with Gasteiger partial charge in [0.25, 0.3) is 0 Å². The molecule has 0 aromatic heterocycles. The van der Waals surface area contributed by atoms with Crippen molar-refractivity contribution in [2.75, 3.05) is 0 Å². The molecule has 0 unspecified atom stereocenters. The smallest absolute Gasteiger partial charge is 0.335 e. The Hall–Kier alpha value is -1.55. The summed E-state index contributed by atoms with van der Waals surface area (Å²) in [6.07, 6.45) is 0. The number of carboxylic acid groups (broad SMARTS) is 1. The van der Waals surface area contributed by atoms with E-state index in [-0.39, 0.29) is 18.0 Å². The van der Waals surface area contributed by atoms with E-state index in [4.69, 9.17) is 10.8 Å². The van der Waals surface area contributed by atoms with Crippen LogP contribution >= 0.6 is 12.4 Å². The van der Waals surface area contributed by atoms with Crippen LogP contribution in [0.3, 0.4) is 0 Å². The van der Waals surface area contributed by atoms with Crippen LogP contribution in [-0.4, -0.2) is 17.0 Å². The molecular formula is C8H8ClNO3. The van der Waals surface area contributed by atoms with Gasteiger partial charge >= 0.3 is 5.97 Å². The molecule has 1 rings (SSSR count). The highest BCUT2D eigenvalue weighted by molar-refractivity contribution is 5.94. The number of primary amides is 1. The van der Waals surface area contributed by atoms with E-state index in [2.05, 4.69) is 0 Å². The van der Waals surface area contributed by atoms with Gasteiger partial charge in [0.1, 0.15) is 0 Å². The molecule has 13 heavy (non-hydrogen) atoms. The quantitative estimate of drug-likeness (QED) is 0.746. The summed E-state index contributed by atoms with van der Waals surface area (Å²) in [4.78, 5) is 20.9. The highest BCUT2D eigenvalue weighted by Crippen LogP contribution is 2.03. The lowest BCUT2D eigenvalue weighted by atomic mass is 10.1. The molecule has 0 radical (unpaired) electrons. The number of amides is 1.